The number of rotatable bonds is 7. The Hall–Kier alpha value is -3.82. The van der Waals surface area contributed by atoms with Crippen LogP contribution in [0.5, 0.6) is 0 Å². The standard InChI is InChI=1S/C29H26F6N2O2/c1-37(27(39)21-15-22(28(30,31)32)17-23(16-21)29(33,34)35)25(11-12-26(38)36-24-7-4-8-24)14-18-9-10-19-5-2-3-6-20(19)13-18/h2-3,5-6,9-13,15-17,24-25H,4,7-8,14H2,1H3,(H,36,38). The maximum atomic E-state index is 13.4. The van der Waals surface area contributed by atoms with Gasteiger partial charge in [-0.2, -0.15) is 26.3 Å². The Balaban J connectivity index is 1.66. The van der Waals surface area contributed by atoms with Crippen molar-refractivity contribution in [2.45, 2.75) is 50.1 Å². The van der Waals surface area contributed by atoms with Gasteiger partial charge in [-0.15, -0.1) is 0 Å². The fourth-order valence-electron chi connectivity index (χ4n) is 4.37. The van der Waals surface area contributed by atoms with Gasteiger partial charge >= 0.3 is 12.4 Å². The fourth-order valence-corrected chi connectivity index (χ4v) is 4.37. The maximum Gasteiger partial charge on any atom is 0.416 e. The van der Waals surface area contributed by atoms with Crippen LogP contribution in [0, 0.1) is 0 Å². The van der Waals surface area contributed by atoms with Crippen LogP contribution >= 0.6 is 0 Å². The van der Waals surface area contributed by atoms with Crippen LogP contribution in [0.3, 0.4) is 0 Å². The van der Waals surface area contributed by atoms with Crippen molar-refractivity contribution in [3.05, 3.63) is 95.1 Å². The topological polar surface area (TPSA) is 49.4 Å². The van der Waals surface area contributed by atoms with Gasteiger partial charge in [-0.1, -0.05) is 48.5 Å². The number of hydrogen-bond acceptors (Lipinski definition) is 2. The molecule has 0 bridgehead atoms. The van der Waals surface area contributed by atoms with Crippen molar-refractivity contribution in [2.75, 3.05) is 7.05 Å². The molecule has 3 aromatic rings. The molecule has 0 saturated heterocycles. The molecule has 0 spiro atoms. The summed E-state index contributed by atoms with van der Waals surface area (Å²) in [4.78, 5) is 26.7. The van der Waals surface area contributed by atoms with E-state index in [1.54, 1.807) is 0 Å². The SMILES string of the molecule is CN(C(=O)c1cc(C(F)(F)F)cc(C(F)(F)F)c1)C(C=CC(=O)NC1CCC1)Cc1ccc2ccccc2c1. The Labute approximate surface area is 221 Å². The molecule has 1 unspecified atom stereocenters. The first-order chi connectivity index (χ1) is 18.3. The molecule has 39 heavy (non-hydrogen) atoms. The zero-order valence-corrected chi connectivity index (χ0v) is 20.9. The van der Waals surface area contributed by atoms with Gasteiger partial charge in [0.1, 0.15) is 0 Å². The van der Waals surface area contributed by atoms with Crippen LogP contribution in [0.25, 0.3) is 10.8 Å². The smallest absolute Gasteiger partial charge is 0.350 e. The average molecular weight is 549 g/mol. The fraction of sp³-hybridized carbons (Fsp3) is 0.310. The second-order valence-electron chi connectivity index (χ2n) is 9.66. The van der Waals surface area contributed by atoms with Crippen molar-refractivity contribution >= 4 is 22.6 Å². The van der Waals surface area contributed by atoms with Crippen LogP contribution in [0.4, 0.5) is 26.3 Å². The first-order valence-electron chi connectivity index (χ1n) is 12.3. The molecule has 0 heterocycles. The lowest BCUT2D eigenvalue weighted by Crippen LogP contribution is -2.40. The van der Waals surface area contributed by atoms with Gasteiger partial charge in [-0.25, -0.2) is 0 Å². The number of amides is 2. The zero-order chi connectivity index (χ0) is 28.4. The van der Waals surface area contributed by atoms with Gasteiger partial charge in [0, 0.05) is 24.7 Å². The normalized spacial score (nSPS) is 15.3. The lowest BCUT2D eigenvalue weighted by atomic mass is 9.93. The zero-order valence-electron chi connectivity index (χ0n) is 20.9. The first-order valence-corrected chi connectivity index (χ1v) is 12.3. The van der Waals surface area contributed by atoms with Crippen LogP contribution in [-0.4, -0.2) is 35.8 Å². The van der Waals surface area contributed by atoms with Crippen molar-refractivity contribution < 1.29 is 35.9 Å². The van der Waals surface area contributed by atoms with Crippen molar-refractivity contribution in [1.82, 2.24) is 10.2 Å². The highest BCUT2D eigenvalue weighted by atomic mass is 19.4. The summed E-state index contributed by atoms with van der Waals surface area (Å²) >= 11 is 0. The van der Waals surface area contributed by atoms with Gasteiger partial charge in [0.15, 0.2) is 0 Å². The van der Waals surface area contributed by atoms with Gasteiger partial charge < -0.3 is 10.2 Å². The molecule has 4 nitrogen and oxygen atoms in total. The molecular formula is C29H26F6N2O2. The molecule has 1 atom stereocenters. The molecular weight excluding hydrogens is 522 g/mol. The second-order valence-corrected chi connectivity index (χ2v) is 9.66. The lowest BCUT2D eigenvalue weighted by molar-refractivity contribution is -0.143. The molecule has 1 aliphatic carbocycles. The lowest BCUT2D eigenvalue weighted by Gasteiger charge is -2.28. The molecule has 0 radical (unpaired) electrons. The monoisotopic (exact) mass is 548 g/mol. The number of halogens is 6. The highest BCUT2D eigenvalue weighted by Crippen LogP contribution is 2.36. The Bertz CT molecular complexity index is 1360. The van der Waals surface area contributed by atoms with E-state index in [9.17, 15) is 35.9 Å². The van der Waals surface area contributed by atoms with Crippen molar-refractivity contribution in [3.8, 4) is 0 Å². The number of carbonyl (C=O) groups is 2. The van der Waals surface area contributed by atoms with E-state index in [2.05, 4.69) is 5.32 Å². The average Bonchev–Trinajstić information content (AvgIpc) is 2.86. The maximum absolute atomic E-state index is 13.4. The Morgan fingerprint density at radius 2 is 1.54 bits per heavy atom. The van der Waals surface area contributed by atoms with Gasteiger partial charge in [0.05, 0.1) is 17.2 Å². The summed E-state index contributed by atoms with van der Waals surface area (Å²) in [6.07, 6.45) is -4.58. The minimum Gasteiger partial charge on any atom is -0.350 e. The third-order valence-electron chi connectivity index (χ3n) is 6.83. The molecule has 0 aliphatic heterocycles. The summed E-state index contributed by atoms with van der Waals surface area (Å²) in [6, 6.07) is 13.2. The van der Waals surface area contributed by atoms with Gasteiger partial charge in [-0.05, 0) is 60.2 Å². The summed E-state index contributed by atoms with van der Waals surface area (Å²) in [5, 5.41) is 4.72. The van der Waals surface area contributed by atoms with Gasteiger partial charge in [0.25, 0.3) is 5.91 Å². The number of carbonyl (C=O) groups excluding carboxylic acids is 2. The predicted octanol–water partition coefficient (Wildman–Crippen LogP) is 6.79. The van der Waals surface area contributed by atoms with E-state index in [-0.39, 0.29) is 24.4 Å². The molecule has 2 amide bonds. The third kappa shape index (κ3) is 6.99. The predicted molar refractivity (Wildman–Crippen MR) is 135 cm³/mol. The summed E-state index contributed by atoms with van der Waals surface area (Å²) in [5.41, 5.74) is -3.14. The summed E-state index contributed by atoms with van der Waals surface area (Å²) < 4.78 is 80.2. The van der Waals surface area contributed by atoms with Crippen LogP contribution in [0.2, 0.25) is 0 Å². The van der Waals surface area contributed by atoms with Gasteiger partial charge in [-0.3, -0.25) is 9.59 Å². The van der Waals surface area contributed by atoms with E-state index in [1.165, 1.54) is 19.2 Å². The molecule has 1 N–H and O–H groups in total. The Kier molecular flexibility index (Phi) is 8.04. The highest BCUT2D eigenvalue weighted by molar-refractivity contribution is 5.95. The molecule has 206 valence electrons. The van der Waals surface area contributed by atoms with Crippen LogP contribution in [-0.2, 0) is 23.6 Å². The van der Waals surface area contributed by atoms with Crippen molar-refractivity contribution in [2.24, 2.45) is 0 Å². The number of nitrogens with one attached hydrogen (secondary N) is 1. The number of nitrogens with zero attached hydrogens (tertiary/aromatic N) is 1. The molecule has 10 heteroatoms. The number of benzene rings is 3. The Morgan fingerprint density at radius 1 is 0.923 bits per heavy atom. The quantitative estimate of drug-likeness (QED) is 0.261. The third-order valence-corrected chi connectivity index (χ3v) is 6.83. The molecule has 4 rings (SSSR count). The van der Waals surface area contributed by atoms with E-state index < -0.39 is 41.0 Å². The van der Waals surface area contributed by atoms with Gasteiger partial charge in [0.2, 0.25) is 5.91 Å². The van der Waals surface area contributed by atoms with Crippen LogP contribution in [0.15, 0.2) is 72.8 Å². The number of alkyl halides is 6. The highest BCUT2D eigenvalue weighted by Gasteiger charge is 2.38. The summed E-state index contributed by atoms with van der Waals surface area (Å²) in [6.45, 7) is 0. The molecule has 1 fully saturated rings. The number of likely N-dealkylation sites (N-methyl/N-ethyl adjacent to an activating group) is 1. The number of hydrogen-bond donors (Lipinski definition) is 1. The second kappa shape index (κ2) is 11.1. The van der Waals surface area contributed by atoms with Crippen molar-refractivity contribution in [1.29, 1.82) is 0 Å². The molecule has 1 saturated carbocycles. The molecule has 0 aromatic heterocycles. The van der Waals surface area contributed by atoms with Crippen molar-refractivity contribution in [3.63, 3.8) is 0 Å². The minimum absolute atomic E-state index is 0.0198. The van der Waals surface area contributed by atoms with E-state index in [1.807, 2.05) is 42.5 Å². The number of fused-ring (bicyclic) bond motifs is 1. The van der Waals surface area contributed by atoms with E-state index in [0.29, 0.717) is 12.1 Å². The van der Waals surface area contributed by atoms with Crippen LogP contribution < -0.4 is 5.32 Å². The van der Waals surface area contributed by atoms with E-state index >= 15 is 0 Å². The van der Waals surface area contributed by atoms with Crippen LogP contribution in [0.1, 0.15) is 46.3 Å². The summed E-state index contributed by atoms with van der Waals surface area (Å²) in [7, 11) is 1.29. The molecule has 3 aromatic carbocycles. The first kappa shape index (κ1) is 28.2. The van der Waals surface area contributed by atoms with E-state index in [0.717, 1.165) is 40.5 Å². The summed E-state index contributed by atoms with van der Waals surface area (Å²) in [5.74, 6) is -1.43. The molecule has 1 aliphatic rings. The Morgan fingerprint density at radius 3 is 2.10 bits per heavy atom. The minimum atomic E-state index is -5.08. The van der Waals surface area contributed by atoms with E-state index in [4.69, 9.17) is 0 Å². The largest absolute Gasteiger partial charge is 0.416 e.